The summed E-state index contributed by atoms with van der Waals surface area (Å²) in [6.45, 7) is 0. The van der Waals surface area contributed by atoms with Gasteiger partial charge in [0.2, 0.25) is 0 Å². The summed E-state index contributed by atoms with van der Waals surface area (Å²) < 4.78 is 45.1. The minimum absolute atomic E-state index is 0.0323. The lowest BCUT2D eigenvalue weighted by Crippen LogP contribution is -2.12. The number of alkyl halides is 3. The molecule has 0 aliphatic carbocycles. The highest BCUT2D eigenvalue weighted by molar-refractivity contribution is 8.13. The normalized spacial score (nSPS) is 11.9. The molecule has 0 aromatic heterocycles. The van der Waals surface area contributed by atoms with Crippen LogP contribution in [0.15, 0.2) is 65.7 Å². The number of nitrogens with one attached hydrogen (secondary N) is 1. The Bertz CT molecular complexity index is 1070. The standard InChI is InChI=1S/C20H14F3N3OS/c1-28-19(25-12-24)26-17-11-15(20(21,22)23)7-9-18(17)27-16-8-6-13-4-2-3-5-14(13)10-16/h2-11H,1H3,(H,25,26). The van der Waals surface area contributed by atoms with Crippen LogP contribution in [0.3, 0.4) is 0 Å². The van der Waals surface area contributed by atoms with Crippen molar-refractivity contribution in [2.24, 2.45) is 4.99 Å². The second-order valence-corrected chi connectivity index (χ2v) is 6.44. The van der Waals surface area contributed by atoms with Crippen LogP contribution < -0.4 is 10.1 Å². The van der Waals surface area contributed by atoms with E-state index in [4.69, 9.17) is 10.00 Å². The van der Waals surface area contributed by atoms with E-state index < -0.39 is 11.7 Å². The monoisotopic (exact) mass is 401 g/mol. The molecular formula is C20H14F3N3OS. The molecule has 1 N–H and O–H groups in total. The first-order valence-corrected chi connectivity index (χ1v) is 9.29. The van der Waals surface area contributed by atoms with E-state index in [0.717, 1.165) is 34.7 Å². The van der Waals surface area contributed by atoms with E-state index in [2.05, 4.69) is 10.3 Å². The van der Waals surface area contributed by atoms with Gasteiger partial charge >= 0.3 is 6.18 Å². The molecule has 3 aromatic carbocycles. The maximum Gasteiger partial charge on any atom is 0.416 e. The van der Waals surface area contributed by atoms with Crippen LogP contribution in [0.1, 0.15) is 5.56 Å². The van der Waals surface area contributed by atoms with E-state index in [-0.39, 0.29) is 16.6 Å². The number of hydrogen-bond donors (Lipinski definition) is 1. The molecule has 0 bridgehead atoms. The van der Waals surface area contributed by atoms with E-state index in [0.29, 0.717) is 5.75 Å². The molecule has 0 aliphatic heterocycles. The first kappa shape index (κ1) is 19.6. The summed E-state index contributed by atoms with van der Waals surface area (Å²) in [6.07, 6.45) is -1.16. The smallest absolute Gasteiger partial charge is 0.416 e. The second kappa shape index (κ2) is 8.23. The molecule has 0 fully saturated rings. The quantitative estimate of drug-likeness (QED) is 0.250. The molecule has 0 saturated heterocycles. The van der Waals surface area contributed by atoms with Crippen LogP contribution in [-0.2, 0) is 6.18 Å². The maximum absolute atomic E-state index is 13.1. The van der Waals surface area contributed by atoms with Gasteiger partial charge in [0, 0.05) is 0 Å². The summed E-state index contributed by atoms with van der Waals surface area (Å²) in [4.78, 5) is 4.12. The van der Waals surface area contributed by atoms with E-state index in [1.54, 1.807) is 24.6 Å². The molecule has 28 heavy (non-hydrogen) atoms. The molecule has 0 atom stereocenters. The summed E-state index contributed by atoms with van der Waals surface area (Å²) in [7, 11) is 0. The summed E-state index contributed by atoms with van der Waals surface area (Å²) in [5.74, 6) is 0.614. The Kier molecular flexibility index (Phi) is 5.76. The Labute approximate surface area is 163 Å². The van der Waals surface area contributed by atoms with Crippen LogP contribution in [0.25, 0.3) is 10.8 Å². The Hall–Kier alpha value is -3.18. The highest BCUT2D eigenvalue weighted by Gasteiger charge is 2.31. The first-order valence-electron chi connectivity index (χ1n) is 8.06. The van der Waals surface area contributed by atoms with E-state index >= 15 is 0 Å². The zero-order valence-electron chi connectivity index (χ0n) is 14.6. The van der Waals surface area contributed by atoms with Crippen molar-refractivity contribution >= 4 is 33.4 Å². The van der Waals surface area contributed by atoms with Gasteiger partial charge in [-0.2, -0.15) is 18.4 Å². The van der Waals surface area contributed by atoms with Crippen molar-refractivity contribution in [3.63, 3.8) is 0 Å². The number of thioether (sulfide) groups is 1. The highest BCUT2D eigenvalue weighted by atomic mass is 32.2. The Morgan fingerprint density at radius 2 is 1.82 bits per heavy atom. The fourth-order valence-corrected chi connectivity index (χ4v) is 2.84. The average Bonchev–Trinajstić information content (AvgIpc) is 2.68. The van der Waals surface area contributed by atoms with Crippen molar-refractivity contribution in [1.29, 1.82) is 5.26 Å². The molecule has 0 radical (unpaired) electrons. The van der Waals surface area contributed by atoms with Crippen LogP contribution >= 0.6 is 11.8 Å². The van der Waals surface area contributed by atoms with Gasteiger partial charge in [0.25, 0.3) is 0 Å². The number of nitrogens with zero attached hydrogens (tertiary/aromatic N) is 2. The van der Waals surface area contributed by atoms with Gasteiger partial charge in [-0.15, -0.1) is 0 Å². The van der Waals surface area contributed by atoms with Crippen LogP contribution in [0, 0.1) is 11.5 Å². The Morgan fingerprint density at radius 1 is 1.07 bits per heavy atom. The largest absolute Gasteiger partial charge is 0.455 e. The molecule has 142 valence electrons. The van der Waals surface area contributed by atoms with Crippen LogP contribution in [0.4, 0.5) is 18.9 Å². The number of halogens is 3. The number of aliphatic imine (C=N–C) groups is 1. The summed E-state index contributed by atoms with van der Waals surface area (Å²) in [6, 6.07) is 16.1. The van der Waals surface area contributed by atoms with E-state index in [1.807, 2.05) is 30.3 Å². The summed E-state index contributed by atoms with van der Waals surface area (Å²) in [5.41, 5.74) is -0.885. The van der Waals surface area contributed by atoms with Crippen molar-refractivity contribution < 1.29 is 17.9 Å². The number of nitriles is 1. The minimum atomic E-state index is -4.52. The van der Waals surface area contributed by atoms with Gasteiger partial charge in [-0.05, 0) is 47.4 Å². The zero-order chi connectivity index (χ0) is 20.1. The van der Waals surface area contributed by atoms with Crippen LogP contribution in [-0.4, -0.2) is 11.4 Å². The SMILES string of the molecule is CSC(=Nc1cc(C(F)(F)F)ccc1Oc1ccc2ccccc2c1)NC#N. The van der Waals surface area contributed by atoms with Gasteiger partial charge in [-0.25, -0.2) is 4.99 Å². The van der Waals surface area contributed by atoms with Crippen LogP contribution in [0.2, 0.25) is 0 Å². The molecular weight excluding hydrogens is 387 g/mol. The number of fused-ring (bicyclic) bond motifs is 1. The molecule has 0 heterocycles. The second-order valence-electron chi connectivity index (χ2n) is 5.65. The van der Waals surface area contributed by atoms with Gasteiger partial charge in [-0.3, -0.25) is 5.32 Å². The van der Waals surface area contributed by atoms with Gasteiger partial charge < -0.3 is 4.74 Å². The maximum atomic E-state index is 13.1. The van der Waals surface area contributed by atoms with Gasteiger partial charge in [-0.1, -0.05) is 42.1 Å². The fourth-order valence-electron chi connectivity index (χ4n) is 2.51. The van der Waals surface area contributed by atoms with Crippen molar-refractivity contribution in [3.05, 3.63) is 66.2 Å². The number of amidine groups is 1. The van der Waals surface area contributed by atoms with Gasteiger partial charge in [0.05, 0.1) is 5.56 Å². The predicted molar refractivity (Wildman–Crippen MR) is 105 cm³/mol. The molecule has 0 saturated carbocycles. The van der Waals surface area contributed by atoms with Crippen LogP contribution in [0.5, 0.6) is 11.5 Å². The highest BCUT2D eigenvalue weighted by Crippen LogP contribution is 2.39. The van der Waals surface area contributed by atoms with Gasteiger partial charge in [0.15, 0.2) is 17.1 Å². The van der Waals surface area contributed by atoms with Crippen molar-refractivity contribution in [3.8, 4) is 17.7 Å². The topological polar surface area (TPSA) is 57.4 Å². The number of benzene rings is 3. The summed E-state index contributed by atoms with van der Waals surface area (Å²) in [5, 5.41) is 13.2. The Morgan fingerprint density at radius 3 is 2.50 bits per heavy atom. The van der Waals surface area contributed by atoms with Crippen molar-refractivity contribution in [2.45, 2.75) is 6.18 Å². The van der Waals surface area contributed by atoms with Crippen molar-refractivity contribution in [2.75, 3.05) is 6.26 Å². The number of hydrogen-bond acceptors (Lipinski definition) is 4. The third kappa shape index (κ3) is 4.56. The van der Waals surface area contributed by atoms with E-state index in [1.165, 1.54) is 6.07 Å². The molecule has 0 amide bonds. The molecule has 3 rings (SSSR count). The average molecular weight is 401 g/mol. The Balaban J connectivity index is 2.04. The summed E-state index contributed by atoms with van der Waals surface area (Å²) >= 11 is 1.10. The molecule has 8 heteroatoms. The first-order chi connectivity index (χ1) is 13.4. The lowest BCUT2D eigenvalue weighted by molar-refractivity contribution is -0.137. The molecule has 4 nitrogen and oxygen atoms in total. The van der Waals surface area contributed by atoms with Crippen molar-refractivity contribution in [1.82, 2.24) is 5.32 Å². The predicted octanol–water partition coefficient (Wildman–Crippen LogP) is 6.07. The lowest BCUT2D eigenvalue weighted by Gasteiger charge is -2.13. The lowest BCUT2D eigenvalue weighted by atomic mass is 10.1. The molecule has 0 aliphatic rings. The number of ether oxygens (including phenoxy) is 1. The molecule has 0 spiro atoms. The zero-order valence-corrected chi connectivity index (χ0v) is 15.4. The van der Waals surface area contributed by atoms with E-state index in [9.17, 15) is 13.2 Å². The third-order valence-corrected chi connectivity index (χ3v) is 4.39. The third-order valence-electron chi connectivity index (χ3n) is 3.81. The van der Waals surface area contributed by atoms with Gasteiger partial charge in [0.1, 0.15) is 11.4 Å². The molecule has 3 aromatic rings. The molecule has 0 unspecified atom stereocenters. The minimum Gasteiger partial charge on any atom is -0.455 e. The number of rotatable bonds is 3. The fraction of sp³-hybridized carbons (Fsp3) is 0.100.